The minimum atomic E-state index is -0.528. The van der Waals surface area contributed by atoms with Crippen LogP contribution in [0.15, 0.2) is 23.2 Å². The van der Waals surface area contributed by atoms with Crippen LogP contribution in [0.2, 0.25) is 0 Å². The molecule has 1 aromatic carbocycles. The maximum atomic E-state index is 11.9. The summed E-state index contributed by atoms with van der Waals surface area (Å²) in [4.78, 5) is 16.1. The molecule has 1 aliphatic heterocycles. The zero-order valence-corrected chi connectivity index (χ0v) is 16.1. The van der Waals surface area contributed by atoms with E-state index in [0.717, 1.165) is 30.0 Å². The molecule has 1 aromatic rings. The largest absolute Gasteiger partial charge is 0.493 e. The van der Waals surface area contributed by atoms with Crippen LogP contribution in [0.1, 0.15) is 52.0 Å². The van der Waals surface area contributed by atoms with Gasteiger partial charge < -0.3 is 20.2 Å². The molecule has 1 unspecified atom stereocenters. The minimum absolute atomic E-state index is 0.0600. The second kappa shape index (κ2) is 8.83. The minimum Gasteiger partial charge on any atom is -0.493 e. The molecule has 26 heavy (non-hydrogen) atoms. The smallest absolute Gasteiger partial charge is 0.328 e. The van der Waals surface area contributed by atoms with Crippen LogP contribution in [0, 0.1) is 5.41 Å². The molecule has 142 valence electrons. The Morgan fingerprint density at radius 1 is 1.46 bits per heavy atom. The summed E-state index contributed by atoms with van der Waals surface area (Å²) in [6.45, 7) is 8.98. The summed E-state index contributed by atoms with van der Waals surface area (Å²) < 4.78 is 11.0. The molecule has 0 spiro atoms. The Hall–Kier alpha value is -2.37. The van der Waals surface area contributed by atoms with Crippen molar-refractivity contribution in [1.29, 1.82) is 5.41 Å². The van der Waals surface area contributed by atoms with Crippen molar-refractivity contribution in [2.24, 2.45) is 4.99 Å². The van der Waals surface area contributed by atoms with Gasteiger partial charge in [-0.3, -0.25) is 9.79 Å². The highest BCUT2D eigenvalue weighted by Crippen LogP contribution is 2.37. The van der Waals surface area contributed by atoms with Gasteiger partial charge in [0.15, 0.2) is 0 Å². The molecule has 6 heteroatoms. The van der Waals surface area contributed by atoms with Crippen LogP contribution in [-0.2, 0) is 9.53 Å². The number of hydrogen-bond acceptors (Lipinski definition) is 6. The van der Waals surface area contributed by atoms with Crippen LogP contribution in [-0.4, -0.2) is 43.2 Å². The van der Waals surface area contributed by atoms with Crippen molar-refractivity contribution in [1.82, 2.24) is 0 Å². The van der Waals surface area contributed by atoms with Gasteiger partial charge in [-0.2, -0.15) is 0 Å². The topological polar surface area (TPSA) is 83.8 Å². The summed E-state index contributed by atoms with van der Waals surface area (Å²) in [7, 11) is 0. The highest BCUT2D eigenvalue weighted by atomic mass is 16.6. The molecule has 2 rings (SSSR count). The van der Waals surface area contributed by atoms with Crippen molar-refractivity contribution in [3.05, 3.63) is 23.8 Å². The van der Waals surface area contributed by atoms with E-state index < -0.39 is 5.60 Å². The van der Waals surface area contributed by atoms with Gasteiger partial charge in [-0.05, 0) is 70.2 Å². The molecule has 0 saturated carbocycles. The fourth-order valence-electron chi connectivity index (χ4n) is 2.95. The van der Waals surface area contributed by atoms with Gasteiger partial charge in [-0.15, -0.1) is 0 Å². The number of rotatable bonds is 7. The van der Waals surface area contributed by atoms with Crippen molar-refractivity contribution >= 4 is 23.6 Å². The first kappa shape index (κ1) is 19.9. The number of anilines is 1. The number of esters is 1. The lowest BCUT2D eigenvalue weighted by molar-refractivity contribution is -0.152. The van der Waals surface area contributed by atoms with E-state index in [9.17, 15) is 4.79 Å². The molecule has 0 aromatic heterocycles. The molecule has 1 aliphatic rings. The van der Waals surface area contributed by atoms with Crippen LogP contribution in [0.5, 0.6) is 5.75 Å². The second-order valence-electron chi connectivity index (χ2n) is 7.36. The lowest BCUT2D eigenvalue weighted by atomic mass is 9.88. The summed E-state index contributed by atoms with van der Waals surface area (Å²) >= 11 is 0. The average Bonchev–Trinajstić information content (AvgIpc) is 2.57. The van der Waals surface area contributed by atoms with Gasteiger partial charge in [0.2, 0.25) is 0 Å². The lowest BCUT2D eigenvalue weighted by Gasteiger charge is -2.26. The third-order valence-electron chi connectivity index (χ3n) is 4.01. The van der Waals surface area contributed by atoms with Crippen LogP contribution >= 0.6 is 0 Å². The van der Waals surface area contributed by atoms with Gasteiger partial charge in [0.1, 0.15) is 17.9 Å². The molecule has 0 saturated heterocycles. The van der Waals surface area contributed by atoms with Gasteiger partial charge in [0.05, 0.1) is 12.3 Å². The van der Waals surface area contributed by atoms with E-state index in [2.05, 4.69) is 23.3 Å². The van der Waals surface area contributed by atoms with Crippen molar-refractivity contribution < 1.29 is 14.3 Å². The molecular formula is C20H29N3O3. The Balaban J connectivity index is 2.09. The third-order valence-corrected chi connectivity index (χ3v) is 4.01. The molecule has 2 N–H and O–H groups in total. The Morgan fingerprint density at radius 3 is 2.88 bits per heavy atom. The van der Waals surface area contributed by atoms with Gasteiger partial charge in [-0.1, -0.05) is 0 Å². The average molecular weight is 359 g/mol. The number of nitrogens with one attached hydrogen (secondary N) is 2. The number of nitrogens with zero attached hydrogens (tertiary/aromatic N) is 1. The Morgan fingerprint density at radius 2 is 2.23 bits per heavy atom. The number of ether oxygens (including phenoxy) is 2. The zero-order chi connectivity index (χ0) is 19.2. The fourth-order valence-corrected chi connectivity index (χ4v) is 2.95. The number of aliphatic imine (C=N–C) groups is 1. The predicted octanol–water partition coefficient (Wildman–Crippen LogP) is 3.81. The number of benzene rings is 1. The highest BCUT2D eigenvalue weighted by Gasteiger charge is 2.23. The normalized spacial score (nSPS) is 17.1. The van der Waals surface area contributed by atoms with Crippen LogP contribution < -0.4 is 10.1 Å². The van der Waals surface area contributed by atoms with Crippen molar-refractivity contribution in [3.8, 4) is 5.75 Å². The Labute approximate surface area is 155 Å². The number of carbonyl (C=O) groups is 1. The molecule has 0 bridgehead atoms. The summed E-state index contributed by atoms with van der Waals surface area (Å²) in [5.74, 6) is 0.731. The Bertz CT molecular complexity index is 677. The summed E-state index contributed by atoms with van der Waals surface area (Å²) in [6.07, 6.45) is 2.70. The molecule has 1 heterocycles. The number of carbonyl (C=O) groups excluding carboxylic acids is 1. The van der Waals surface area contributed by atoms with E-state index in [1.165, 1.54) is 6.21 Å². The van der Waals surface area contributed by atoms with Gasteiger partial charge in [-0.25, -0.2) is 0 Å². The van der Waals surface area contributed by atoms with E-state index in [-0.39, 0.29) is 18.4 Å². The Kier molecular flexibility index (Phi) is 6.77. The summed E-state index contributed by atoms with van der Waals surface area (Å²) in [5, 5.41) is 11.0. The van der Waals surface area contributed by atoms with Crippen molar-refractivity contribution in [3.63, 3.8) is 0 Å². The first-order valence-corrected chi connectivity index (χ1v) is 9.08. The van der Waals surface area contributed by atoms with Gasteiger partial charge in [0, 0.05) is 18.4 Å². The standard InChI is InChI=1S/C20H29N3O3/c1-5-22-15-6-7-18-17(11-15)14(8-9-25-18)10-16(12-21)23-13-19(24)26-20(2,3)4/h6-7,11-12,14,21-22H,5,8-10,13H2,1-4H3. The van der Waals surface area contributed by atoms with Crippen LogP contribution in [0.25, 0.3) is 0 Å². The molecule has 0 fully saturated rings. The lowest BCUT2D eigenvalue weighted by Crippen LogP contribution is -2.26. The SMILES string of the molecule is CCNc1ccc2c(c1)C(CC(C=N)=NCC(=O)OC(C)(C)C)CCO2. The van der Waals surface area contributed by atoms with Crippen molar-refractivity contribution in [2.75, 3.05) is 25.0 Å². The van der Waals surface area contributed by atoms with E-state index in [0.29, 0.717) is 18.7 Å². The van der Waals surface area contributed by atoms with E-state index >= 15 is 0 Å². The number of fused-ring (bicyclic) bond motifs is 1. The predicted molar refractivity (Wildman–Crippen MR) is 105 cm³/mol. The molecule has 0 amide bonds. The summed E-state index contributed by atoms with van der Waals surface area (Å²) in [5.41, 5.74) is 2.26. The molecule has 1 atom stereocenters. The van der Waals surface area contributed by atoms with Gasteiger partial charge >= 0.3 is 5.97 Å². The maximum absolute atomic E-state index is 11.9. The van der Waals surface area contributed by atoms with Gasteiger partial charge in [0.25, 0.3) is 0 Å². The molecule has 0 radical (unpaired) electrons. The first-order valence-electron chi connectivity index (χ1n) is 9.08. The highest BCUT2D eigenvalue weighted by molar-refractivity contribution is 6.29. The monoisotopic (exact) mass is 359 g/mol. The van der Waals surface area contributed by atoms with E-state index in [1.54, 1.807) is 0 Å². The van der Waals surface area contributed by atoms with E-state index in [4.69, 9.17) is 14.9 Å². The van der Waals surface area contributed by atoms with Crippen molar-refractivity contribution in [2.45, 2.75) is 52.1 Å². The molecular weight excluding hydrogens is 330 g/mol. The quantitative estimate of drug-likeness (QED) is 0.573. The number of hydrogen-bond donors (Lipinski definition) is 2. The second-order valence-corrected chi connectivity index (χ2v) is 7.36. The first-order chi connectivity index (χ1) is 12.3. The van der Waals surface area contributed by atoms with Crippen LogP contribution in [0.4, 0.5) is 5.69 Å². The maximum Gasteiger partial charge on any atom is 0.328 e. The zero-order valence-electron chi connectivity index (χ0n) is 16.1. The third kappa shape index (κ3) is 5.86. The summed E-state index contributed by atoms with van der Waals surface area (Å²) in [6, 6.07) is 6.11. The van der Waals surface area contributed by atoms with Crippen LogP contribution in [0.3, 0.4) is 0 Å². The fraction of sp³-hybridized carbons (Fsp3) is 0.550. The molecule has 6 nitrogen and oxygen atoms in total. The molecule has 0 aliphatic carbocycles. The van der Waals surface area contributed by atoms with E-state index in [1.807, 2.05) is 32.9 Å².